The topological polar surface area (TPSA) is 183 Å². The summed E-state index contributed by atoms with van der Waals surface area (Å²) in [5.41, 5.74) is 8.06. The molecule has 2 aromatic carbocycles. The average molecular weight is 749 g/mol. The van der Waals surface area contributed by atoms with Crippen LogP contribution in [0.1, 0.15) is 34.3 Å². The van der Waals surface area contributed by atoms with E-state index in [9.17, 15) is 19.4 Å². The molecule has 4 aromatic rings. The number of carbonyl (C=O) groups is 1. The van der Waals surface area contributed by atoms with Gasteiger partial charge in [-0.05, 0) is 68.8 Å². The fourth-order valence-corrected chi connectivity index (χ4v) is 7.28. The Hall–Kier alpha value is -4.76. The maximum absolute atomic E-state index is 14.6. The van der Waals surface area contributed by atoms with E-state index in [-0.39, 0.29) is 48.0 Å². The van der Waals surface area contributed by atoms with Gasteiger partial charge in [0.15, 0.2) is 22.4 Å². The Morgan fingerprint density at radius 1 is 1.27 bits per heavy atom. The summed E-state index contributed by atoms with van der Waals surface area (Å²) in [4.78, 5) is 29.9. The van der Waals surface area contributed by atoms with Gasteiger partial charge in [-0.15, -0.1) is 11.3 Å². The van der Waals surface area contributed by atoms with Crippen LogP contribution in [0.25, 0.3) is 10.2 Å². The summed E-state index contributed by atoms with van der Waals surface area (Å²) in [5, 5.41) is 33.3. The van der Waals surface area contributed by atoms with Gasteiger partial charge in [-0.25, -0.2) is 24.1 Å². The number of rotatable bonds is 15. The van der Waals surface area contributed by atoms with Gasteiger partial charge in [0, 0.05) is 30.1 Å². The van der Waals surface area contributed by atoms with Crippen LogP contribution in [0, 0.1) is 23.1 Å². The number of aromatic nitrogens is 2. The number of halogens is 1. The van der Waals surface area contributed by atoms with Crippen LogP contribution in [0.15, 0.2) is 59.1 Å². The molecular formula is C36H41FN8O5S2. The number of morpholine rings is 1. The Morgan fingerprint density at radius 2 is 2.06 bits per heavy atom. The number of thiazole rings is 2. The molecule has 0 amide bonds. The Balaban J connectivity index is 1.35. The number of aryl methyl sites for hydroxylation is 1. The first kappa shape index (κ1) is 38.5. The SMILES string of the molecule is CNCC#Cc1ccc(OCCCc2sc(N(CC(CO)N3CCOCC3)C(=N)/C=C(/C)C(N)=Nc3nc4ccccc4s3)nc2C(=O)O)c(F)c1. The number of nitrogens with zero attached hydrogens (tertiary/aromatic N) is 5. The van der Waals surface area contributed by atoms with Gasteiger partial charge in [0.1, 0.15) is 11.7 Å². The van der Waals surface area contributed by atoms with E-state index in [4.69, 9.17) is 20.6 Å². The Bertz CT molecular complexity index is 1960. The van der Waals surface area contributed by atoms with Crippen molar-refractivity contribution in [3.05, 3.63) is 76.1 Å². The molecule has 0 radical (unpaired) electrons. The average Bonchev–Trinajstić information content (AvgIpc) is 3.75. The van der Waals surface area contributed by atoms with Crippen molar-refractivity contribution in [3.63, 3.8) is 0 Å². The van der Waals surface area contributed by atoms with Crippen LogP contribution in [0.5, 0.6) is 5.75 Å². The number of aliphatic imine (C=N–C) groups is 1. The van der Waals surface area contributed by atoms with Gasteiger partial charge in [-0.1, -0.05) is 35.3 Å². The second-order valence-electron chi connectivity index (χ2n) is 11.8. The highest BCUT2D eigenvalue weighted by Crippen LogP contribution is 2.30. The molecule has 1 aliphatic rings. The van der Waals surface area contributed by atoms with Gasteiger partial charge in [0.2, 0.25) is 5.13 Å². The molecule has 52 heavy (non-hydrogen) atoms. The monoisotopic (exact) mass is 748 g/mol. The minimum Gasteiger partial charge on any atom is -0.491 e. The minimum absolute atomic E-state index is 0.0122. The van der Waals surface area contributed by atoms with E-state index in [1.165, 1.54) is 23.5 Å². The number of aliphatic hydroxyl groups is 1. The highest BCUT2D eigenvalue weighted by molar-refractivity contribution is 7.22. The van der Waals surface area contributed by atoms with Crippen molar-refractivity contribution in [1.82, 2.24) is 20.2 Å². The van der Waals surface area contributed by atoms with Crippen molar-refractivity contribution in [3.8, 4) is 17.6 Å². The van der Waals surface area contributed by atoms with E-state index in [0.29, 0.717) is 66.8 Å². The molecule has 16 heteroatoms. The Labute approximate surface area is 309 Å². The smallest absolute Gasteiger partial charge is 0.355 e. The van der Waals surface area contributed by atoms with Crippen molar-refractivity contribution >= 4 is 60.8 Å². The van der Waals surface area contributed by atoms with Gasteiger partial charge in [0.25, 0.3) is 0 Å². The molecule has 0 aliphatic carbocycles. The van der Waals surface area contributed by atoms with Crippen molar-refractivity contribution < 1.29 is 28.9 Å². The number of hydrogen-bond donors (Lipinski definition) is 5. The fraction of sp³-hybridized carbons (Fsp3) is 0.361. The summed E-state index contributed by atoms with van der Waals surface area (Å²) in [7, 11) is 1.78. The number of carboxylic acids is 1. The molecule has 1 atom stereocenters. The number of aliphatic hydroxyl groups excluding tert-OH is 1. The van der Waals surface area contributed by atoms with Gasteiger partial charge in [-0.2, -0.15) is 0 Å². The van der Waals surface area contributed by atoms with Crippen LogP contribution in [0.4, 0.5) is 14.7 Å². The summed E-state index contributed by atoms with van der Waals surface area (Å²) in [5.74, 6) is 4.25. The molecule has 5 rings (SSSR count). The molecule has 1 saturated heterocycles. The standard InChI is InChI=1S/C36H41FN8O5S2/c1-23(33(39)43-35-41-27-8-3-4-9-29(27)51-35)19-31(38)45(21-25(22-46)44-14-17-49-18-15-44)36-42-32(34(47)48)30(52-36)10-6-16-50-28-12-11-24(20-26(28)37)7-5-13-40-2/h3-4,8-9,11-12,19-20,25,38,40,46H,6,10,13-18,21-22H2,1-2H3,(H,47,48)(H2,39,41,43)/b23-19-,38-31?. The van der Waals surface area contributed by atoms with Crippen LogP contribution in [-0.4, -0.2) is 108 Å². The third-order valence-corrected chi connectivity index (χ3v) is 10.1. The number of fused-ring (bicyclic) bond motifs is 1. The predicted octanol–water partition coefficient (Wildman–Crippen LogP) is 4.28. The van der Waals surface area contributed by atoms with Crippen LogP contribution in [0.2, 0.25) is 0 Å². The number of benzene rings is 2. The number of para-hydroxylation sites is 1. The third kappa shape index (κ3) is 10.2. The Kier molecular flexibility index (Phi) is 13.8. The molecule has 1 aliphatic heterocycles. The highest BCUT2D eigenvalue weighted by Gasteiger charge is 2.28. The van der Waals surface area contributed by atoms with Crippen molar-refractivity contribution in [2.75, 3.05) is 64.6 Å². The number of carboxylic acid groups (broad SMARTS) is 1. The van der Waals surface area contributed by atoms with Crippen molar-refractivity contribution in [2.24, 2.45) is 10.7 Å². The lowest BCUT2D eigenvalue weighted by Gasteiger charge is -2.36. The molecular weight excluding hydrogens is 708 g/mol. The molecule has 13 nitrogen and oxygen atoms in total. The molecule has 2 aromatic heterocycles. The lowest BCUT2D eigenvalue weighted by molar-refractivity contribution is 0.00575. The second-order valence-corrected chi connectivity index (χ2v) is 13.8. The number of anilines is 1. The Morgan fingerprint density at radius 3 is 2.77 bits per heavy atom. The summed E-state index contributed by atoms with van der Waals surface area (Å²) in [6.07, 6.45) is 2.22. The normalized spacial score (nSPS) is 14.5. The van der Waals surface area contributed by atoms with E-state index >= 15 is 0 Å². The van der Waals surface area contributed by atoms with Crippen LogP contribution >= 0.6 is 22.7 Å². The van der Waals surface area contributed by atoms with Gasteiger partial charge >= 0.3 is 5.97 Å². The molecule has 0 bridgehead atoms. The zero-order chi connectivity index (χ0) is 37.0. The van der Waals surface area contributed by atoms with Crippen molar-refractivity contribution in [1.29, 1.82) is 5.41 Å². The summed E-state index contributed by atoms with van der Waals surface area (Å²) in [6, 6.07) is 11.8. The van der Waals surface area contributed by atoms with E-state index < -0.39 is 17.8 Å². The maximum Gasteiger partial charge on any atom is 0.355 e. The fourth-order valence-electron chi connectivity index (χ4n) is 5.31. The largest absolute Gasteiger partial charge is 0.491 e. The molecule has 0 saturated carbocycles. The number of ether oxygens (including phenoxy) is 2. The number of nitrogens with one attached hydrogen (secondary N) is 2. The van der Waals surface area contributed by atoms with Crippen molar-refractivity contribution in [2.45, 2.75) is 25.8 Å². The summed E-state index contributed by atoms with van der Waals surface area (Å²) < 4.78 is 26.8. The van der Waals surface area contributed by atoms with Gasteiger partial charge in [-0.3, -0.25) is 10.3 Å². The third-order valence-electron chi connectivity index (χ3n) is 8.07. The van der Waals surface area contributed by atoms with E-state index in [1.807, 2.05) is 24.3 Å². The number of nitrogens with two attached hydrogens (primary N) is 1. The molecule has 6 N–H and O–H groups in total. The van der Waals surface area contributed by atoms with E-state index in [0.717, 1.165) is 21.6 Å². The van der Waals surface area contributed by atoms with E-state index in [1.54, 1.807) is 31.0 Å². The van der Waals surface area contributed by atoms with Crippen LogP contribution in [-0.2, 0) is 11.2 Å². The van der Waals surface area contributed by atoms with Crippen LogP contribution in [0.3, 0.4) is 0 Å². The number of aromatic carboxylic acids is 1. The quantitative estimate of drug-likeness (QED) is 0.0507. The highest BCUT2D eigenvalue weighted by atomic mass is 32.1. The first-order chi connectivity index (χ1) is 25.2. The second kappa shape index (κ2) is 18.6. The number of amidine groups is 2. The summed E-state index contributed by atoms with van der Waals surface area (Å²) >= 11 is 2.54. The van der Waals surface area contributed by atoms with E-state index in [2.05, 4.69) is 37.0 Å². The summed E-state index contributed by atoms with van der Waals surface area (Å²) in [6.45, 7) is 4.51. The van der Waals surface area contributed by atoms with Crippen LogP contribution < -0.4 is 20.7 Å². The molecule has 1 unspecified atom stereocenters. The maximum atomic E-state index is 14.6. The first-order valence-corrected chi connectivity index (χ1v) is 18.3. The van der Waals surface area contributed by atoms with Gasteiger partial charge < -0.3 is 35.6 Å². The molecule has 1 fully saturated rings. The molecule has 0 spiro atoms. The lowest BCUT2D eigenvalue weighted by atomic mass is 10.2. The number of hydrogen-bond acceptors (Lipinski definition) is 12. The first-order valence-electron chi connectivity index (χ1n) is 16.6. The molecule has 3 heterocycles. The zero-order valence-corrected chi connectivity index (χ0v) is 30.5. The molecule has 274 valence electrons. The van der Waals surface area contributed by atoms with Gasteiger partial charge in [0.05, 0.1) is 49.2 Å². The predicted molar refractivity (Wildman–Crippen MR) is 203 cm³/mol. The zero-order valence-electron chi connectivity index (χ0n) is 28.9. The lowest BCUT2D eigenvalue weighted by Crippen LogP contribution is -2.51. The minimum atomic E-state index is -1.21.